The number of H-pyrrole nitrogens is 1. The fourth-order valence-electron chi connectivity index (χ4n) is 2.97. The van der Waals surface area contributed by atoms with Crippen molar-refractivity contribution in [2.24, 2.45) is 0 Å². The fourth-order valence-corrected chi connectivity index (χ4v) is 2.97. The average molecular weight is 338 g/mol. The Kier molecular flexibility index (Phi) is 12.9. The van der Waals surface area contributed by atoms with Crippen LogP contribution in [0.3, 0.4) is 0 Å². The second-order valence-electron chi connectivity index (χ2n) is 6.67. The van der Waals surface area contributed by atoms with Crippen LogP contribution in [0.4, 0.5) is 0 Å². The van der Waals surface area contributed by atoms with Crippen molar-refractivity contribution >= 4 is 5.97 Å². The van der Waals surface area contributed by atoms with Gasteiger partial charge in [0.05, 0.1) is 0 Å². The van der Waals surface area contributed by atoms with Gasteiger partial charge in [-0.1, -0.05) is 82.3 Å². The summed E-state index contributed by atoms with van der Waals surface area (Å²) in [4.78, 5) is 10.4. The Labute approximate surface area is 145 Å². The summed E-state index contributed by atoms with van der Waals surface area (Å²) in [5.74, 6) is 0.166. The lowest BCUT2D eigenvalue weighted by Gasteiger charge is -2.03. The van der Waals surface area contributed by atoms with E-state index in [0.29, 0.717) is 6.42 Å². The van der Waals surface area contributed by atoms with Gasteiger partial charge in [0.15, 0.2) is 5.82 Å². The van der Waals surface area contributed by atoms with Crippen LogP contribution in [0.25, 0.3) is 0 Å². The molecule has 0 aliphatic heterocycles. The molecule has 0 saturated heterocycles. The number of aryl methyl sites for hydroxylation is 1. The van der Waals surface area contributed by atoms with Crippen LogP contribution < -0.4 is 0 Å². The minimum absolute atomic E-state index is 0.330. The molecule has 1 aromatic heterocycles. The molecule has 1 aromatic rings. The van der Waals surface area contributed by atoms with Crippen molar-refractivity contribution in [2.45, 2.75) is 103 Å². The number of rotatable bonds is 17. The average Bonchev–Trinajstić information content (AvgIpc) is 3.07. The predicted molar refractivity (Wildman–Crippen MR) is 94.8 cm³/mol. The quantitative estimate of drug-likeness (QED) is 0.402. The topological polar surface area (TPSA) is 91.8 Å². The fraction of sp³-hybridized carbons (Fsp3) is 0.889. The van der Waals surface area contributed by atoms with E-state index in [0.717, 1.165) is 31.5 Å². The van der Waals surface area contributed by atoms with Crippen molar-refractivity contribution in [1.29, 1.82) is 0 Å². The van der Waals surface area contributed by atoms with Gasteiger partial charge in [-0.25, -0.2) is 0 Å². The maximum absolute atomic E-state index is 10.4. The highest BCUT2D eigenvalue weighted by molar-refractivity contribution is 5.66. The van der Waals surface area contributed by atoms with E-state index in [1.165, 1.54) is 70.6 Å². The number of hydrogen-bond donors (Lipinski definition) is 2. The van der Waals surface area contributed by atoms with E-state index in [4.69, 9.17) is 5.11 Å². The van der Waals surface area contributed by atoms with Gasteiger partial charge in [-0.15, -0.1) is 10.2 Å². The number of aliphatic carboxylic acids is 1. The Morgan fingerprint density at radius 1 is 0.750 bits per heavy atom. The number of nitrogens with one attached hydrogen (secondary N) is 1. The van der Waals surface area contributed by atoms with Gasteiger partial charge in [0.25, 0.3) is 0 Å². The van der Waals surface area contributed by atoms with E-state index in [2.05, 4.69) is 20.6 Å². The van der Waals surface area contributed by atoms with Gasteiger partial charge in [-0.05, 0) is 12.8 Å². The largest absolute Gasteiger partial charge is 0.481 e. The summed E-state index contributed by atoms with van der Waals surface area (Å²) in [6, 6.07) is 0. The maximum atomic E-state index is 10.4. The summed E-state index contributed by atoms with van der Waals surface area (Å²) in [5, 5.41) is 22.5. The zero-order valence-electron chi connectivity index (χ0n) is 15.0. The Morgan fingerprint density at radius 3 is 1.62 bits per heavy atom. The van der Waals surface area contributed by atoms with E-state index in [-0.39, 0.29) is 0 Å². The molecule has 1 rings (SSSR count). The second kappa shape index (κ2) is 15.1. The first-order valence-corrected chi connectivity index (χ1v) is 9.73. The summed E-state index contributed by atoms with van der Waals surface area (Å²) >= 11 is 0. The van der Waals surface area contributed by atoms with Crippen LogP contribution in [0, 0.1) is 0 Å². The molecule has 0 atom stereocenters. The molecular formula is C18H34N4O2. The van der Waals surface area contributed by atoms with E-state index in [1.54, 1.807) is 0 Å². The molecule has 0 amide bonds. The van der Waals surface area contributed by atoms with Crippen molar-refractivity contribution in [3.05, 3.63) is 5.82 Å². The predicted octanol–water partition coefficient (Wildman–Crippen LogP) is 4.68. The van der Waals surface area contributed by atoms with Gasteiger partial charge >= 0.3 is 5.97 Å². The molecule has 0 fully saturated rings. The summed E-state index contributed by atoms with van der Waals surface area (Å²) in [7, 11) is 0. The van der Waals surface area contributed by atoms with Crippen LogP contribution in [0.1, 0.15) is 102 Å². The summed E-state index contributed by atoms with van der Waals surface area (Å²) in [5.41, 5.74) is 0. The second-order valence-corrected chi connectivity index (χ2v) is 6.67. The van der Waals surface area contributed by atoms with Crippen molar-refractivity contribution in [3.63, 3.8) is 0 Å². The zero-order chi connectivity index (χ0) is 17.3. The first kappa shape index (κ1) is 20.6. The maximum Gasteiger partial charge on any atom is 0.303 e. The number of nitrogens with zero attached hydrogens (tertiary/aromatic N) is 3. The molecule has 6 heteroatoms. The molecule has 0 spiro atoms. The minimum atomic E-state index is -0.665. The van der Waals surface area contributed by atoms with Gasteiger partial charge in [-0.2, -0.15) is 5.21 Å². The number of aromatic nitrogens is 4. The molecule has 2 N–H and O–H groups in total. The minimum Gasteiger partial charge on any atom is -0.481 e. The Bertz CT molecular complexity index is 396. The lowest BCUT2D eigenvalue weighted by Crippen LogP contribution is -1.93. The smallest absolute Gasteiger partial charge is 0.303 e. The van der Waals surface area contributed by atoms with E-state index >= 15 is 0 Å². The number of hydrogen-bond acceptors (Lipinski definition) is 4. The van der Waals surface area contributed by atoms with Gasteiger partial charge in [0.2, 0.25) is 0 Å². The van der Waals surface area contributed by atoms with Crippen LogP contribution in [-0.2, 0) is 11.2 Å². The van der Waals surface area contributed by atoms with Crippen molar-refractivity contribution in [1.82, 2.24) is 20.6 Å². The SMILES string of the molecule is O=C(O)CCCCCCCCCCCCCCCCc1nn[nH]n1. The van der Waals surface area contributed by atoms with E-state index in [9.17, 15) is 4.79 Å². The summed E-state index contributed by atoms with van der Waals surface area (Å²) < 4.78 is 0. The van der Waals surface area contributed by atoms with Crippen LogP contribution in [-0.4, -0.2) is 31.7 Å². The molecule has 0 radical (unpaired) electrons. The molecule has 0 aliphatic carbocycles. The normalized spacial score (nSPS) is 11.0. The summed E-state index contributed by atoms with van der Waals surface area (Å²) in [6.45, 7) is 0. The lowest BCUT2D eigenvalue weighted by atomic mass is 10.0. The molecule has 0 unspecified atom stereocenters. The number of carbonyl (C=O) groups is 1. The van der Waals surface area contributed by atoms with E-state index < -0.39 is 5.97 Å². The van der Waals surface area contributed by atoms with Gasteiger partial charge in [0.1, 0.15) is 0 Å². The standard InChI is InChI=1S/C18H34N4O2/c23-18(24)16-14-12-10-8-6-4-2-1-3-5-7-9-11-13-15-17-19-21-22-20-17/h1-16H2,(H,23,24)(H,19,20,21,22). The molecular weight excluding hydrogens is 304 g/mol. The number of carboxylic acid groups (broad SMARTS) is 1. The van der Waals surface area contributed by atoms with Gasteiger partial charge in [-0.3, -0.25) is 4.79 Å². The molecule has 0 bridgehead atoms. The molecule has 0 saturated carbocycles. The Balaban J connectivity index is 1.68. The highest BCUT2D eigenvalue weighted by atomic mass is 16.4. The molecule has 1 heterocycles. The molecule has 0 aromatic carbocycles. The number of tetrazole rings is 1. The van der Waals surface area contributed by atoms with Gasteiger partial charge < -0.3 is 5.11 Å². The molecule has 0 aliphatic rings. The third-order valence-corrected chi connectivity index (χ3v) is 4.43. The third kappa shape index (κ3) is 13.0. The van der Waals surface area contributed by atoms with Crippen molar-refractivity contribution in [3.8, 4) is 0 Å². The lowest BCUT2D eigenvalue weighted by molar-refractivity contribution is -0.137. The molecule has 24 heavy (non-hydrogen) atoms. The van der Waals surface area contributed by atoms with Crippen LogP contribution in [0.2, 0.25) is 0 Å². The van der Waals surface area contributed by atoms with Crippen LogP contribution in [0.15, 0.2) is 0 Å². The first-order valence-electron chi connectivity index (χ1n) is 9.73. The Morgan fingerprint density at radius 2 is 1.21 bits per heavy atom. The third-order valence-electron chi connectivity index (χ3n) is 4.43. The first-order chi connectivity index (χ1) is 11.8. The zero-order valence-corrected chi connectivity index (χ0v) is 15.0. The number of carboxylic acids is 1. The van der Waals surface area contributed by atoms with Crippen LogP contribution >= 0.6 is 0 Å². The van der Waals surface area contributed by atoms with E-state index in [1.807, 2.05) is 0 Å². The summed E-state index contributed by atoms with van der Waals surface area (Å²) in [6.07, 6.45) is 18.8. The number of aromatic amines is 1. The highest BCUT2D eigenvalue weighted by Gasteiger charge is 1.98. The molecule has 6 nitrogen and oxygen atoms in total. The van der Waals surface area contributed by atoms with Gasteiger partial charge in [0, 0.05) is 12.8 Å². The monoisotopic (exact) mass is 338 g/mol. The van der Waals surface area contributed by atoms with Crippen LogP contribution in [0.5, 0.6) is 0 Å². The molecule has 138 valence electrons. The van der Waals surface area contributed by atoms with Crippen molar-refractivity contribution < 1.29 is 9.90 Å². The highest BCUT2D eigenvalue weighted by Crippen LogP contribution is 2.13. The van der Waals surface area contributed by atoms with Crippen molar-refractivity contribution in [2.75, 3.05) is 0 Å². The number of unbranched alkanes of at least 4 members (excludes halogenated alkanes) is 13. The Hall–Kier alpha value is -1.46.